The maximum atomic E-state index is 5.84. The van der Waals surface area contributed by atoms with E-state index in [1.807, 2.05) is 31.6 Å². The van der Waals surface area contributed by atoms with Crippen molar-refractivity contribution >= 4 is 0 Å². The van der Waals surface area contributed by atoms with Gasteiger partial charge in [-0.1, -0.05) is 19.4 Å². The molecule has 0 fully saturated rings. The molecule has 0 aliphatic rings. The van der Waals surface area contributed by atoms with Gasteiger partial charge in [0.25, 0.3) is 0 Å². The summed E-state index contributed by atoms with van der Waals surface area (Å²) in [6.07, 6.45) is 4.25. The Hall–Kier alpha value is -2.01. The van der Waals surface area contributed by atoms with Crippen LogP contribution in [0.3, 0.4) is 0 Å². The molecule has 1 aromatic heterocycles. The first kappa shape index (κ1) is 19.3. The predicted molar refractivity (Wildman–Crippen MR) is 101 cm³/mol. The first-order valence-corrected chi connectivity index (χ1v) is 9.17. The molecular formula is C20H31N3O2. The van der Waals surface area contributed by atoms with Gasteiger partial charge < -0.3 is 14.8 Å². The van der Waals surface area contributed by atoms with Crippen molar-refractivity contribution in [3.63, 3.8) is 0 Å². The molecule has 5 heteroatoms. The van der Waals surface area contributed by atoms with Crippen LogP contribution in [0.25, 0.3) is 0 Å². The fraction of sp³-hybridized carbons (Fsp3) is 0.550. The van der Waals surface area contributed by atoms with E-state index >= 15 is 0 Å². The lowest BCUT2D eigenvalue weighted by molar-refractivity contribution is 0.272. The van der Waals surface area contributed by atoms with Crippen LogP contribution in [0.2, 0.25) is 0 Å². The predicted octanol–water partition coefficient (Wildman–Crippen LogP) is 4.16. The van der Waals surface area contributed by atoms with Gasteiger partial charge in [-0.3, -0.25) is 4.68 Å². The quantitative estimate of drug-likeness (QED) is 0.657. The number of rotatable bonds is 10. The third-order valence-electron chi connectivity index (χ3n) is 4.19. The first-order valence-electron chi connectivity index (χ1n) is 9.17. The molecule has 0 amide bonds. The molecule has 1 heterocycles. The summed E-state index contributed by atoms with van der Waals surface area (Å²) in [5.74, 6) is 1.65. The van der Waals surface area contributed by atoms with Gasteiger partial charge in [-0.15, -0.1) is 0 Å². The van der Waals surface area contributed by atoms with Crippen LogP contribution in [0.5, 0.6) is 11.5 Å². The van der Waals surface area contributed by atoms with Gasteiger partial charge in [-0.05, 0) is 44.9 Å². The summed E-state index contributed by atoms with van der Waals surface area (Å²) < 4.78 is 13.5. The SMILES string of the molecule is CCCCOc1ccc(CNC(C)c2cn(C)nc2C)cc1OCC. The third-order valence-corrected chi connectivity index (χ3v) is 4.19. The summed E-state index contributed by atoms with van der Waals surface area (Å²) in [5, 5.41) is 7.97. The molecule has 1 N–H and O–H groups in total. The van der Waals surface area contributed by atoms with E-state index < -0.39 is 0 Å². The third kappa shape index (κ3) is 5.49. The largest absolute Gasteiger partial charge is 0.490 e. The van der Waals surface area contributed by atoms with E-state index in [1.54, 1.807) is 0 Å². The number of nitrogens with zero attached hydrogens (tertiary/aromatic N) is 2. The molecule has 1 unspecified atom stereocenters. The van der Waals surface area contributed by atoms with Crippen molar-refractivity contribution in [2.24, 2.45) is 7.05 Å². The summed E-state index contributed by atoms with van der Waals surface area (Å²) in [6, 6.07) is 6.42. The Morgan fingerprint density at radius 3 is 2.64 bits per heavy atom. The van der Waals surface area contributed by atoms with Crippen molar-refractivity contribution in [2.75, 3.05) is 13.2 Å². The van der Waals surface area contributed by atoms with Gasteiger partial charge in [-0.25, -0.2) is 0 Å². The zero-order chi connectivity index (χ0) is 18.2. The molecule has 0 spiro atoms. The van der Waals surface area contributed by atoms with E-state index in [1.165, 1.54) is 11.1 Å². The highest BCUT2D eigenvalue weighted by molar-refractivity contribution is 5.43. The number of hydrogen-bond donors (Lipinski definition) is 1. The van der Waals surface area contributed by atoms with Crippen LogP contribution in [0.4, 0.5) is 0 Å². The van der Waals surface area contributed by atoms with Gasteiger partial charge in [0.1, 0.15) is 0 Å². The number of hydrogen-bond acceptors (Lipinski definition) is 4. The van der Waals surface area contributed by atoms with Crippen molar-refractivity contribution in [3.8, 4) is 11.5 Å². The molecule has 0 saturated carbocycles. The van der Waals surface area contributed by atoms with Crippen LogP contribution in [-0.2, 0) is 13.6 Å². The Labute approximate surface area is 151 Å². The fourth-order valence-electron chi connectivity index (χ4n) is 2.80. The van der Waals surface area contributed by atoms with Crippen LogP contribution >= 0.6 is 0 Å². The fourth-order valence-corrected chi connectivity index (χ4v) is 2.80. The average Bonchev–Trinajstić information content (AvgIpc) is 2.93. The second-order valence-corrected chi connectivity index (χ2v) is 6.36. The van der Waals surface area contributed by atoms with Crippen molar-refractivity contribution in [2.45, 2.75) is 53.1 Å². The zero-order valence-corrected chi connectivity index (χ0v) is 16.1. The van der Waals surface area contributed by atoms with Crippen LogP contribution in [-0.4, -0.2) is 23.0 Å². The molecule has 5 nitrogen and oxygen atoms in total. The van der Waals surface area contributed by atoms with Crippen molar-refractivity contribution in [3.05, 3.63) is 41.2 Å². The summed E-state index contributed by atoms with van der Waals surface area (Å²) in [6.45, 7) is 10.5. The Bertz CT molecular complexity index is 667. The summed E-state index contributed by atoms with van der Waals surface area (Å²) >= 11 is 0. The minimum Gasteiger partial charge on any atom is -0.490 e. The molecule has 25 heavy (non-hydrogen) atoms. The Balaban J connectivity index is 2.01. The van der Waals surface area contributed by atoms with Gasteiger partial charge in [0, 0.05) is 31.4 Å². The Morgan fingerprint density at radius 2 is 2.00 bits per heavy atom. The molecule has 1 aromatic carbocycles. The molecule has 0 saturated heterocycles. The molecular weight excluding hydrogens is 314 g/mol. The zero-order valence-electron chi connectivity index (χ0n) is 16.1. The summed E-state index contributed by atoms with van der Waals surface area (Å²) in [4.78, 5) is 0. The van der Waals surface area contributed by atoms with Crippen LogP contribution in [0.1, 0.15) is 56.5 Å². The molecule has 0 bridgehead atoms. The molecule has 2 rings (SSSR count). The number of nitrogens with one attached hydrogen (secondary N) is 1. The van der Waals surface area contributed by atoms with Crippen molar-refractivity contribution in [1.82, 2.24) is 15.1 Å². The monoisotopic (exact) mass is 345 g/mol. The van der Waals surface area contributed by atoms with Crippen LogP contribution in [0.15, 0.2) is 24.4 Å². The number of ether oxygens (including phenoxy) is 2. The highest BCUT2D eigenvalue weighted by Crippen LogP contribution is 2.29. The van der Waals surface area contributed by atoms with E-state index in [2.05, 4.69) is 42.6 Å². The molecule has 0 aliphatic heterocycles. The Kier molecular flexibility index (Phi) is 7.31. The van der Waals surface area contributed by atoms with Gasteiger partial charge >= 0.3 is 0 Å². The lowest BCUT2D eigenvalue weighted by atomic mass is 10.1. The van der Waals surface area contributed by atoms with E-state index in [0.717, 1.165) is 43.2 Å². The smallest absolute Gasteiger partial charge is 0.161 e. The maximum Gasteiger partial charge on any atom is 0.161 e. The van der Waals surface area contributed by atoms with Crippen LogP contribution < -0.4 is 14.8 Å². The maximum absolute atomic E-state index is 5.84. The van der Waals surface area contributed by atoms with Gasteiger partial charge in [0.05, 0.1) is 18.9 Å². The second kappa shape index (κ2) is 9.47. The highest BCUT2D eigenvalue weighted by atomic mass is 16.5. The second-order valence-electron chi connectivity index (χ2n) is 6.36. The number of aromatic nitrogens is 2. The molecule has 138 valence electrons. The molecule has 0 aliphatic carbocycles. The highest BCUT2D eigenvalue weighted by Gasteiger charge is 2.12. The van der Waals surface area contributed by atoms with Crippen molar-refractivity contribution in [1.29, 1.82) is 0 Å². The molecule has 1 atom stereocenters. The molecule has 0 radical (unpaired) electrons. The standard InChI is InChI=1S/C20H31N3O2/c1-6-8-11-25-19-10-9-17(12-20(19)24-7-2)13-21-15(3)18-14-23(5)22-16(18)4/h9-10,12,14-15,21H,6-8,11,13H2,1-5H3. The van der Waals surface area contributed by atoms with E-state index in [9.17, 15) is 0 Å². The van der Waals surface area contributed by atoms with Crippen molar-refractivity contribution < 1.29 is 9.47 Å². The minimum absolute atomic E-state index is 0.240. The summed E-state index contributed by atoms with van der Waals surface area (Å²) in [7, 11) is 1.95. The number of aryl methyl sites for hydroxylation is 2. The normalized spacial score (nSPS) is 12.2. The van der Waals surface area contributed by atoms with E-state index in [0.29, 0.717) is 6.61 Å². The molecule has 2 aromatic rings. The number of benzene rings is 1. The van der Waals surface area contributed by atoms with Gasteiger partial charge in [0.2, 0.25) is 0 Å². The first-order chi connectivity index (χ1) is 12.0. The van der Waals surface area contributed by atoms with E-state index in [-0.39, 0.29) is 6.04 Å². The number of unbranched alkanes of at least 4 members (excludes halogenated alkanes) is 1. The van der Waals surface area contributed by atoms with Gasteiger partial charge in [0.15, 0.2) is 11.5 Å². The Morgan fingerprint density at radius 1 is 1.20 bits per heavy atom. The topological polar surface area (TPSA) is 48.3 Å². The van der Waals surface area contributed by atoms with Gasteiger partial charge in [-0.2, -0.15) is 5.10 Å². The summed E-state index contributed by atoms with van der Waals surface area (Å²) in [5.41, 5.74) is 3.48. The van der Waals surface area contributed by atoms with Crippen LogP contribution in [0, 0.1) is 6.92 Å². The average molecular weight is 345 g/mol. The lowest BCUT2D eigenvalue weighted by Gasteiger charge is -2.16. The van der Waals surface area contributed by atoms with E-state index in [4.69, 9.17) is 9.47 Å². The lowest BCUT2D eigenvalue weighted by Crippen LogP contribution is -2.18. The minimum atomic E-state index is 0.240.